The highest BCUT2D eigenvalue weighted by Gasteiger charge is 2.33. The topological polar surface area (TPSA) is 122 Å². The van der Waals surface area contributed by atoms with Crippen LogP contribution >= 0.6 is 0 Å². The van der Waals surface area contributed by atoms with Gasteiger partial charge in [0.15, 0.2) is 0 Å². The molecule has 0 unspecified atom stereocenters. The van der Waals surface area contributed by atoms with Gasteiger partial charge in [-0.3, -0.25) is 14.4 Å². The maximum atomic E-state index is 14.0. The van der Waals surface area contributed by atoms with Gasteiger partial charge in [-0.2, -0.15) is 0 Å². The summed E-state index contributed by atoms with van der Waals surface area (Å²) < 4.78 is 10.5. The van der Waals surface area contributed by atoms with Crippen LogP contribution in [0.4, 0.5) is 0 Å². The number of carbonyl (C=O) groups excluding carboxylic acids is 4. The molecule has 0 aliphatic carbocycles. The Hall–Kier alpha value is -3.72. The molecule has 2 amide bonds. The van der Waals surface area contributed by atoms with E-state index in [-0.39, 0.29) is 43.7 Å². The average Bonchev–Trinajstić information content (AvgIpc) is 2.98. The number of aliphatic hydroxyl groups is 1. The van der Waals surface area contributed by atoms with Gasteiger partial charge in [0.05, 0.1) is 19.6 Å². The summed E-state index contributed by atoms with van der Waals surface area (Å²) in [4.78, 5) is 54.4. The van der Waals surface area contributed by atoms with Gasteiger partial charge in [-0.05, 0) is 56.6 Å². The van der Waals surface area contributed by atoms with Gasteiger partial charge >= 0.3 is 11.9 Å². The van der Waals surface area contributed by atoms with Gasteiger partial charge in [-0.25, -0.2) is 4.79 Å². The van der Waals surface area contributed by atoms with Crippen molar-refractivity contribution in [2.75, 3.05) is 13.7 Å². The number of ether oxygens (including phenoxy) is 2. The molecule has 2 aromatic rings. The molecule has 0 saturated heterocycles. The SMILES string of the molecule is COC(=O)[C@@H](NC(=O)[C@@H](CC(=O)N(Cc1ccccc1)C[C@@H](O)[C@@H](CC(=O)OC(C)(C)C)Cc1ccccc1)CC(C)C)C(C)C. The summed E-state index contributed by atoms with van der Waals surface area (Å²) in [6.07, 6.45) is -0.339. The number of benzene rings is 2. The van der Waals surface area contributed by atoms with Gasteiger partial charge in [0, 0.05) is 31.3 Å². The first-order valence-corrected chi connectivity index (χ1v) is 16.2. The van der Waals surface area contributed by atoms with Crippen molar-refractivity contribution < 1.29 is 33.8 Å². The number of amides is 2. The lowest BCUT2D eigenvalue weighted by Gasteiger charge is -2.31. The van der Waals surface area contributed by atoms with Crippen molar-refractivity contribution in [3.05, 3.63) is 71.8 Å². The molecule has 0 aromatic heterocycles. The summed E-state index contributed by atoms with van der Waals surface area (Å²) in [6, 6.07) is 18.2. The zero-order valence-corrected chi connectivity index (χ0v) is 28.8. The molecule has 2 aromatic carbocycles. The Morgan fingerprint density at radius 2 is 1.43 bits per heavy atom. The molecule has 4 atom stereocenters. The highest BCUT2D eigenvalue weighted by Crippen LogP contribution is 2.24. The van der Waals surface area contributed by atoms with E-state index in [2.05, 4.69) is 5.32 Å². The molecule has 0 bridgehead atoms. The summed E-state index contributed by atoms with van der Waals surface area (Å²) in [5.41, 5.74) is 1.14. The first kappa shape index (κ1) is 38.5. The minimum atomic E-state index is -1.05. The number of nitrogens with one attached hydrogen (secondary N) is 1. The molecule has 0 aliphatic rings. The fourth-order valence-electron chi connectivity index (χ4n) is 5.38. The molecule has 0 fully saturated rings. The van der Waals surface area contributed by atoms with Crippen molar-refractivity contribution in [3.8, 4) is 0 Å². The van der Waals surface area contributed by atoms with E-state index < -0.39 is 47.4 Å². The molecule has 2 N–H and O–H groups in total. The molecule has 0 radical (unpaired) electrons. The van der Waals surface area contributed by atoms with E-state index in [1.54, 1.807) is 25.7 Å². The minimum Gasteiger partial charge on any atom is -0.467 e. The van der Waals surface area contributed by atoms with E-state index in [0.29, 0.717) is 12.8 Å². The van der Waals surface area contributed by atoms with E-state index >= 15 is 0 Å². The van der Waals surface area contributed by atoms with Crippen LogP contribution in [-0.4, -0.2) is 65.2 Å². The highest BCUT2D eigenvalue weighted by atomic mass is 16.6. The molecule has 0 saturated carbocycles. The Kier molecular flexibility index (Phi) is 15.4. The smallest absolute Gasteiger partial charge is 0.328 e. The predicted molar refractivity (Wildman–Crippen MR) is 178 cm³/mol. The van der Waals surface area contributed by atoms with E-state index in [1.807, 2.05) is 88.4 Å². The molecular formula is C37H54N2O7. The highest BCUT2D eigenvalue weighted by molar-refractivity contribution is 5.89. The Labute approximate surface area is 275 Å². The number of carbonyl (C=O) groups is 4. The van der Waals surface area contributed by atoms with Crippen LogP contribution in [0.1, 0.15) is 78.9 Å². The van der Waals surface area contributed by atoms with Crippen LogP contribution in [0, 0.1) is 23.7 Å². The first-order valence-electron chi connectivity index (χ1n) is 16.2. The summed E-state index contributed by atoms with van der Waals surface area (Å²) in [7, 11) is 1.28. The molecule has 46 heavy (non-hydrogen) atoms. The Morgan fingerprint density at radius 1 is 0.870 bits per heavy atom. The number of rotatable bonds is 17. The van der Waals surface area contributed by atoms with Gasteiger partial charge in [0.1, 0.15) is 11.6 Å². The monoisotopic (exact) mass is 638 g/mol. The van der Waals surface area contributed by atoms with Crippen LogP contribution in [-0.2, 0) is 41.6 Å². The quantitative estimate of drug-likeness (QED) is 0.225. The van der Waals surface area contributed by atoms with Gasteiger partial charge in [-0.1, -0.05) is 88.4 Å². The fourth-order valence-corrected chi connectivity index (χ4v) is 5.38. The standard InChI is InChI=1S/C37H54N2O7/c1-25(2)19-30(35(43)38-34(26(3)4)36(44)45-8)21-32(41)39(23-28-17-13-10-14-18-28)24-31(40)29(20-27-15-11-9-12-16-27)22-33(42)46-37(5,6)7/h9-18,25-26,29-31,34,40H,19-24H2,1-8H3,(H,38,43)/t29-,30-,31-,34+/m1/s1. The number of nitrogens with zero attached hydrogens (tertiary/aromatic N) is 1. The molecule has 9 heteroatoms. The number of hydrogen-bond acceptors (Lipinski definition) is 7. The molecule has 9 nitrogen and oxygen atoms in total. The lowest BCUT2D eigenvalue weighted by atomic mass is 9.89. The van der Waals surface area contributed by atoms with E-state index in [1.165, 1.54) is 7.11 Å². The number of methoxy groups -OCH3 is 1. The second kappa shape index (κ2) is 18.4. The molecule has 0 heterocycles. The van der Waals surface area contributed by atoms with Crippen molar-refractivity contribution in [3.63, 3.8) is 0 Å². The normalized spacial score (nSPS) is 14.2. The van der Waals surface area contributed by atoms with Crippen LogP contribution < -0.4 is 5.32 Å². The predicted octanol–water partition coefficient (Wildman–Crippen LogP) is 5.33. The Morgan fingerprint density at radius 3 is 1.93 bits per heavy atom. The maximum absolute atomic E-state index is 14.0. The second-order valence-electron chi connectivity index (χ2n) is 13.9. The van der Waals surface area contributed by atoms with E-state index in [9.17, 15) is 24.3 Å². The third kappa shape index (κ3) is 13.7. The second-order valence-corrected chi connectivity index (χ2v) is 13.9. The minimum absolute atomic E-state index is 0.0246. The third-order valence-electron chi connectivity index (χ3n) is 7.68. The van der Waals surface area contributed by atoms with Crippen LogP contribution in [0.15, 0.2) is 60.7 Å². The summed E-state index contributed by atoms with van der Waals surface area (Å²) in [5.74, 6) is -2.98. The van der Waals surface area contributed by atoms with Gasteiger partial charge in [-0.15, -0.1) is 0 Å². The van der Waals surface area contributed by atoms with Gasteiger partial charge in [0.2, 0.25) is 11.8 Å². The zero-order chi connectivity index (χ0) is 34.4. The molecule has 0 spiro atoms. The molecule has 0 aliphatic heterocycles. The van der Waals surface area contributed by atoms with Crippen molar-refractivity contribution in [1.29, 1.82) is 0 Å². The van der Waals surface area contributed by atoms with Crippen LogP contribution in [0.5, 0.6) is 0 Å². The van der Waals surface area contributed by atoms with Crippen molar-refractivity contribution >= 4 is 23.8 Å². The Balaban J connectivity index is 2.36. The maximum Gasteiger partial charge on any atom is 0.328 e. The van der Waals surface area contributed by atoms with Crippen molar-refractivity contribution in [1.82, 2.24) is 10.2 Å². The van der Waals surface area contributed by atoms with Gasteiger partial charge < -0.3 is 24.8 Å². The lowest BCUT2D eigenvalue weighted by Crippen LogP contribution is -2.48. The number of esters is 2. The molecule has 2 rings (SSSR count). The summed E-state index contributed by atoms with van der Waals surface area (Å²) >= 11 is 0. The van der Waals surface area contributed by atoms with E-state index in [0.717, 1.165) is 11.1 Å². The Bertz CT molecular complexity index is 1240. The van der Waals surface area contributed by atoms with Crippen molar-refractivity contribution in [2.45, 2.75) is 98.4 Å². The molecular weight excluding hydrogens is 584 g/mol. The lowest BCUT2D eigenvalue weighted by molar-refractivity contribution is -0.157. The first-order chi connectivity index (χ1) is 21.6. The summed E-state index contributed by atoms with van der Waals surface area (Å²) in [6.45, 7) is 13.1. The van der Waals surface area contributed by atoms with Crippen molar-refractivity contribution in [2.24, 2.45) is 23.7 Å². The van der Waals surface area contributed by atoms with Crippen LogP contribution in [0.2, 0.25) is 0 Å². The fraction of sp³-hybridized carbons (Fsp3) is 0.568. The van der Waals surface area contributed by atoms with E-state index in [4.69, 9.17) is 9.47 Å². The zero-order valence-electron chi connectivity index (χ0n) is 28.8. The van der Waals surface area contributed by atoms with Gasteiger partial charge in [0.25, 0.3) is 0 Å². The largest absolute Gasteiger partial charge is 0.467 e. The molecule has 254 valence electrons. The number of hydrogen-bond donors (Lipinski definition) is 2. The average molecular weight is 639 g/mol. The van der Waals surface area contributed by atoms with Crippen LogP contribution in [0.3, 0.4) is 0 Å². The number of aliphatic hydroxyl groups excluding tert-OH is 1. The summed E-state index contributed by atoms with van der Waals surface area (Å²) in [5, 5.41) is 14.4. The third-order valence-corrected chi connectivity index (χ3v) is 7.68. The van der Waals surface area contributed by atoms with Crippen LogP contribution in [0.25, 0.3) is 0 Å².